The van der Waals surface area contributed by atoms with Gasteiger partial charge in [-0.25, -0.2) is 4.98 Å². The quantitative estimate of drug-likeness (QED) is 0.236. The Labute approximate surface area is 193 Å². The Bertz CT molecular complexity index is 1230. The highest BCUT2D eigenvalue weighted by Gasteiger charge is 2.26. The van der Waals surface area contributed by atoms with E-state index in [0.29, 0.717) is 35.7 Å². The minimum Gasteiger partial charge on any atom is -0.399 e. The molecule has 8 heteroatoms. The van der Waals surface area contributed by atoms with E-state index in [1.165, 1.54) is 0 Å². The fourth-order valence-electron chi connectivity index (χ4n) is 3.64. The summed E-state index contributed by atoms with van der Waals surface area (Å²) in [5.41, 5.74) is 17.6. The number of rotatable bonds is 8. The van der Waals surface area contributed by atoms with Gasteiger partial charge in [-0.05, 0) is 50.2 Å². The Morgan fingerprint density at radius 1 is 0.818 bits per heavy atom. The van der Waals surface area contributed by atoms with Gasteiger partial charge in [0.1, 0.15) is 5.82 Å². The molecule has 1 heterocycles. The first kappa shape index (κ1) is 22.8. The first-order chi connectivity index (χ1) is 15.9. The molecule has 0 amide bonds. The van der Waals surface area contributed by atoms with Crippen molar-refractivity contribution in [3.8, 4) is 33.9 Å². The van der Waals surface area contributed by atoms with Crippen LogP contribution in [0.3, 0.4) is 0 Å². The van der Waals surface area contributed by atoms with Crippen LogP contribution in [0.1, 0.15) is 13.8 Å². The van der Waals surface area contributed by atoms with Crippen LogP contribution in [0, 0.1) is 0 Å². The van der Waals surface area contributed by atoms with Crippen LogP contribution in [0.25, 0.3) is 33.9 Å². The maximum absolute atomic E-state index is 13.1. The van der Waals surface area contributed by atoms with Crippen molar-refractivity contribution in [3.05, 3.63) is 72.8 Å². The third-order valence-electron chi connectivity index (χ3n) is 5.09. The van der Waals surface area contributed by atoms with Crippen LogP contribution in [-0.4, -0.2) is 23.2 Å². The number of nitrogen functional groups attached to an aromatic ring is 2. The van der Waals surface area contributed by atoms with Gasteiger partial charge in [-0.3, -0.25) is 4.57 Å². The van der Waals surface area contributed by atoms with E-state index in [1.54, 1.807) is 26.0 Å². The molecular weight excluding hydrogens is 435 g/mol. The zero-order valence-electron chi connectivity index (χ0n) is 18.6. The van der Waals surface area contributed by atoms with Crippen LogP contribution in [0.2, 0.25) is 0 Å². The molecule has 0 radical (unpaired) electrons. The average molecular weight is 462 g/mol. The highest BCUT2D eigenvalue weighted by atomic mass is 31.2. The van der Waals surface area contributed by atoms with Crippen molar-refractivity contribution in [1.29, 1.82) is 0 Å². The van der Waals surface area contributed by atoms with E-state index in [4.69, 9.17) is 25.5 Å². The number of anilines is 2. The molecule has 0 spiro atoms. The Morgan fingerprint density at radius 3 is 1.97 bits per heavy atom. The van der Waals surface area contributed by atoms with Gasteiger partial charge in [0.25, 0.3) is 0 Å². The van der Waals surface area contributed by atoms with E-state index in [-0.39, 0.29) is 0 Å². The zero-order valence-corrected chi connectivity index (χ0v) is 19.5. The van der Waals surface area contributed by atoms with Crippen LogP contribution in [-0.2, 0) is 13.6 Å². The summed E-state index contributed by atoms with van der Waals surface area (Å²) in [6, 6.07) is 22.4. The lowest BCUT2D eigenvalue weighted by Gasteiger charge is -2.17. The molecule has 7 nitrogen and oxygen atoms in total. The summed E-state index contributed by atoms with van der Waals surface area (Å²) >= 11 is 0. The summed E-state index contributed by atoms with van der Waals surface area (Å²) < 4.78 is 24.0. The predicted molar refractivity (Wildman–Crippen MR) is 134 cm³/mol. The van der Waals surface area contributed by atoms with Gasteiger partial charge in [0.15, 0.2) is 0 Å². The lowest BCUT2D eigenvalue weighted by atomic mass is 10.0. The molecule has 0 bridgehead atoms. The molecule has 4 rings (SSSR count). The Kier molecular flexibility index (Phi) is 6.65. The van der Waals surface area contributed by atoms with Crippen LogP contribution in [0.5, 0.6) is 0 Å². The van der Waals surface area contributed by atoms with Crippen molar-refractivity contribution in [2.45, 2.75) is 13.8 Å². The van der Waals surface area contributed by atoms with Crippen molar-refractivity contribution in [2.75, 3.05) is 24.7 Å². The van der Waals surface area contributed by atoms with Crippen molar-refractivity contribution >= 4 is 24.3 Å². The van der Waals surface area contributed by atoms with E-state index < -0.39 is 7.60 Å². The molecule has 5 N–H and O–H groups in total. The average Bonchev–Trinajstić information content (AvgIpc) is 3.25. The fraction of sp³-hybridized carbons (Fsp3) is 0.160. The third kappa shape index (κ3) is 4.86. The molecule has 0 aliphatic rings. The Morgan fingerprint density at radius 2 is 1.39 bits per heavy atom. The number of H-pyrrole nitrogens is 1. The van der Waals surface area contributed by atoms with E-state index in [1.807, 2.05) is 60.7 Å². The second kappa shape index (κ2) is 9.63. The monoisotopic (exact) mass is 462 g/mol. The number of aromatic nitrogens is 2. The Balaban J connectivity index is 1.79. The van der Waals surface area contributed by atoms with E-state index >= 15 is 0 Å². The molecular formula is C25H27N4O3P. The van der Waals surface area contributed by atoms with Gasteiger partial charge in [-0.2, -0.15) is 0 Å². The lowest BCUT2D eigenvalue weighted by molar-refractivity contribution is 0.230. The number of imidazole rings is 1. The molecule has 33 heavy (non-hydrogen) atoms. The summed E-state index contributed by atoms with van der Waals surface area (Å²) in [4.78, 5) is 8.31. The number of aromatic amines is 1. The molecule has 0 fully saturated rings. The van der Waals surface area contributed by atoms with Gasteiger partial charge >= 0.3 is 7.60 Å². The molecule has 0 aliphatic heterocycles. The molecule has 0 atom stereocenters. The SMILES string of the molecule is CCOP(=O)(OCC)c1ccc(-c2nc(-c3cccc(N)c3)c(-c3cccc(N)c3)[nH]2)cc1. The molecule has 170 valence electrons. The summed E-state index contributed by atoms with van der Waals surface area (Å²) in [6.07, 6.45) is 0. The number of nitrogens with two attached hydrogens (primary N) is 2. The molecule has 4 aromatic rings. The van der Waals surface area contributed by atoms with Crippen molar-refractivity contribution in [2.24, 2.45) is 0 Å². The zero-order chi connectivity index (χ0) is 23.4. The maximum atomic E-state index is 13.1. The molecule has 0 saturated carbocycles. The van der Waals surface area contributed by atoms with Gasteiger partial charge in [0, 0.05) is 28.1 Å². The van der Waals surface area contributed by atoms with Crippen LogP contribution in [0.4, 0.5) is 11.4 Å². The van der Waals surface area contributed by atoms with Crippen molar-refractivity contribution in [1.82, 2.24) is 9.97 Å². The second-order valence-corrected chi connectivity index (χ2v) is 9.47. The maximum Gasteiger partial charge on any atom is 0.361 e. The van der Waals surface area contributed by atoms with E-state index in [0.717, 1.165) is 28.1 Å². The number of hydrogen-bond donors (Lipinski definition) is 3. The van der Waals surface area contributed by atoms with Gasteiger partial charge in [-0.15, -0.1) is 0 Å². The standard InChI is InChI=1S/C25H27N4O3P/c1-3-31-33(30,32-4-2)22-13-11-17(12-14-22)25-28-23(18-7-5-9-20(26)15-18)24(29-25)19-8-6-10-21(27)16-19/h5-16H,3-4,26-27H2,1-2H3,(H,28,29). The normalized spacial score (nSPS) is 11.6. The van der Waals surface area contributed by atoms with Crippen molar-refractivity contribution < 1.29 is 13.6 Å². The van der Waals surface area contributed by atoms with Crippen molar-refractivity contribution in [3.63, 3.8) is 0 Å². The molecule has 3 aromatic carbocycles. The van der Waals surface area contributed by atoms with Crippen LogP contribution < -0.4 is 16.8 Å². The van der Waals surface area contributed by atoms with Gasteiger partial charge in [-0.1, -0.05) is 36.4 Å². The predicted octanol–water partition coefficient (Wildman–Crippen LogP) is 5.47. The topological polar surface area (TPSA) is 116 Å². The largest absolute Gasteiger partial charge is 0.399 e. The Hall–Kier alpha value is -3.38. The first-order valence-corrected chi connectivity index (χ1v) is 12.3. The molecule has 1 aromatic heterocycles. The first-order valence-electron chi connectivity index (χ1n) is 10.8. The summed E-state index contributed by atoms with van der Waals surface area (Å²) in [5, 5.41) is 0.508. The van der Waals surface area contributed by atoms with E-state index in [9.17, 15) is 4.57 Å². The summed E-state index contributed by atoms with van der Waals surface area (Å²) in [7, 11) is -3.35. The minimum absolute atomic E-state index is 0.296. The number of benzene rings is 3. The smallest absolute Gasteiger partial charge is 0.361 e. The summed E-state index contributed by atoms with van der Waals surface area (Å²) in [5.74, 6) is 0.666. The number of hydrogen-bond acceptors (Lipinski definition) is 6. The fourth-order valence-corrected chi connectivity index (χ4v) is 5.20. The second-order valence-electron chi connectivity index (χ2n) is 7.44. The van der Waals surface area contributed by atoms with E-state index in [2.05, 4.69) is 4.98 Å². The molecule has 0 aliphatic carbocycles. The highest BCUT2D eigenvalue weighted by molar-refractivity contribution is 7.62. The highest BCUT2D eigenvalue weighted by Crippen LogP contribution is 2.47. The van der Waals surface area contributed by atoms with Crippen LogP contribution in [0.15, 0.2) is 72.8 Å². The van der Waals surface area contributed by atoms with Gasteiger partial charge in [0.05, 0.1) is 29.9 Å². The number of nitrogens with one attached hydrogen (secondary N) is 1. The van der Waals surface area contributed by atoms with Crippen LogP contribution >= 0.6 is 7.60 Å². The minimum atomic E-state index is -3.35. The third-order valence-corrected chi connectivity index (χ3v) is 7.22. The number of nitrogens with zero attached hydrogens (tertiary/aromatic N) is 1. The summed E-state index contributed by atoms with van der Waals surface area (Å²) in [6.45, 7) is 4.17. The molecule has 0 unspecified atom stereocenters. The lowest BCUT2D eigenvalue weighted by Crippen LogP contribution is -2.10. The van der Waals surface area contributed by atoms with Gasteiger partial charge in [0.2, 0.25) is 0 Å². The van der Waals surface area contributed by atoms with Gasteiger partial charge < -0.3 is 25.5 Å². The molecule has 0 saturated heterocycles.